The largest absolute Gasteiger partial charge is 0.493 e. The first-order chi connectivity index (χ1) is 9.41. The molecule has 0 bridgehead atoms. The van der Waals surface area contributed by atoms with Gasteiger partial charge in [-0.05, 0) is 52.0 Å². The van der Waals surface area contributed by atoms with E-state index in [0.717, 1.165) is 31.4 Å². The Kier molecular flexibility index (Phi) is 4.17. The van der Waals surface area contributed by atoms with E-state index < -0.39 is 0 Å². The Bertz CT molecular complexity index is 546. The third kappa shape index (κ3) is 3.21. The first-order valence-corrected chi connectivity index (χ1v) is 7.18. The third-order valence-corrected chi connectivity index (χ3v) is 3.62. The number of nitrogens with zero attached hydrogens (tertiary/aromatic N) is 2. The van der Waals surface area contributed by atoms with Crippen molar-refractivity contribution < 1.29 is 5.11 Å². The summed E-state index contributed by atoms with van der Waals surface area (Å²) in [5.41, 5.74) is 3.51. The summed E-state index contributed by atoms with van der Waals surface area (Å²) in [6.45, 7) is 10.0. The monoisotopic (exact) mass is 272 g/mol. The van der Waals surface area contributed by atoms with Crippen LogP contribution >= 0.6 is 0 Å². The number of aromatic hydroxyl groups is 1. The molecule has 0 saturated heterocycles. The quantitative estimate of drug-likeness (QED) is 0.838. The molecule has 0 aliphatic heterocycles. The highest BCUT2D eigenvalue weighted by Gasteiger charge is 2.19. The van der Waals surface area contributed by atoms with Crippen molar-refractivity contribution in [3.8, 4) is 5.88 Å². The predicted octanol–water partition coefficient (Wildman–Crippen LogP) is 4.11. The van der Waals surface area contributed by atoms with E-state index in [9.17, 15) is 5.11 Å². The molecule has 0 radical (unpaired) electrons. The van der Waals surface area contributed by atoms with Crippen molar-refractivity contribution in [2.75, 3.05) is 0 Å². The molecule has 1 aliphatic carbocycles. The lowest BCUT2D eigenvalue weighted by Gasteiger charge is -2.19. The molecule has 1 aromatic rings. The van der Waals surface area contributed by atoms with Gasteiger partial charge in [0.25, 0.3) is 0 Å². The van der Waals surface area contributed by atoms with Crippen LogP contribution in [-0.2, 0) is 12.0 Å². The van der Waals surface area contributed by atoms with Crippen LogP contribution in [0.4, 0.5) is 0 Å². The summed E-state index contributed by atoms with van der Waals surface area (Å²) in [5.74, 6) is 0.239. The molecule has 1 aliphatic rings. The smallest absolute Gasteiger partial charge is 0.209 e. The van der Waals surface area contributed by atoms with Crippen LogP contribution in [0.2, 0.25) is 0 Å². The second-order valence-electron chi connectivity index (χ2n) is 6.29. The minimum atomic E-state index is -0.197. The van der Waals surface area contributed by atoms with Gasteiger partial charge < -0.3 is 5.11 Å². The van der Waals surface area contributed by atoms with E-state index in [1.807, 2.05) is 26.8 Å². The molecule has 3 heteroatoms. The Labute approximate surface area is 121 Å². The molecular formula is C17H24N2O. The van der Waals surface area contributed by atoms with Crippen LogP contribution in [0.15, 0.2) is 42.0 Å². The average molecular weight is 272 g/mol. The Morgan fingerprint density at radius 3 is 2.55 bits per heavy atom. The lowest BCUT2D eigenvalue weighted by Crippen LogP contribution is -2.22. The summed E-state index contributed by atoms with van der Waals surface area (Å²) < 4.78 is 1.68. The molecule has 2 rings (SSSR count). The van der Waals surface area contributed by atoms with Crippen LogP contribution in [0, 0.1) is 0 Å². The topological polar surface area (TPSA) is 38.0 Å². The fourth-order valence-electron chi connectivity index (χ4n) is 2.52. The van der Waals surface area contributed by atoms with Crippen LogP contribution < -0.4 is 0 Å². The molecule has 1 N–H and O–H groups in total. The van der Waals surface area contributed by atoms with E-state index in [2.05, 4.69) is 23.8 Å². The van der Waals surface area contributed by atoms with Gasteiger partial charge in [-0.2, -0.15) is 5.10 Å². The zero-order valence-corrected chi connectivity index (χ0v) is 12.7. The third-order valence-electron chi connectivity index (χ3n) is 3.62. The minimum absolute atomic E-state index is 0.197. The fraction of sp³-hybridized carbons (Fsp3) is 0.471. The van der Waals surface area contributed by atoms with Crippen molar-refractivity contribution in [3.63, 3.8) is 0 Å². The van der Waals surface area contributed by atoms with Gasteiger partial charge in [-0.3, -0.25) is 0 Å². The summed E-state index contributed by atoms with van der Waals surface area (Å²) >= 11 is 0. The van der Waals surface area contributed by atoms with Gasteiger partial charge in [0, 0.05) is 6.07 Å². The van der Waals surface area contributed by atoms with E-state index >= 15 is 0 Å². The fourth-order valence-corrected chi connectivity index (χ4v) is 2.52. The van der Waals surface area contributed by atoms with Gasteiger partial charge in [0.1, 0.15) is 0 Å². The maximum Gasteiger partial charge on any atom is 0.209 e. The van der Waals surface area contributed by atoms with Crippen LogP contribution in [0.25, 0.3) is 0 Å². The molecule has 1 heterocycles. The van der Waals surface area contributed by atoms with Gasteiger partial charge in [0.05, 0.1) is 11.2 Å². The summed E-state index contributed by atoms with van der Waals surface area (Å²) in [6.07, 6.45) is 10.2. The highest BCUT2D eigenvalue weighted by Crippen LogP contribution is 2.26. The second kappa shape index (κ2) is 5.70. The number of rotatable bonds is 4. The lowest BCUT2D eigenvalue weighted by atomic mass is 10.0. The van der Waals surface area contributed by atoms with Crippen molar-refractivity contribution in [1.29, 1.82) is 0 Å². The van der Waals surface area contributed by atoms with Crippen molar-refractivity contribution in [2.45, 2.75) is 52.0 Å². The van der Waals surface area contributed by atoms with Crippen LogP contribution in [0.1, 0.15) is 45.7 Å². The molecule has 108 valence electrons. The van der Waals surface area contributed by atoms with Gasteiger partial charge in [0.2, 0.25) is 5.88 Å². The highest BCUT2D eigenvalue weighted by molar-refractivity contribution is 5.31. The standard InChI is InChI=1S/C17H24N2O/c1-5-13(14-8-6-7-9-14)10-11-15-12-16(20)19(18-15)17(2,3)4/h5-7,12,20H,1,8-11H2,2-4H3. The second-order valence-corrected chi connectivity index (χ2v) is 6.29. The van der Waals surface area contributed by atoms with Crippen molar-refractivity contribution in [3.05, 3.63) is 47.7 Å². The Balaban J connectivity index is 2.08. The Morgan fingerprint density at radius 1 is 1.40 bits per heavy atom. The molecule has 0 saturated carbocycles. The predicted molar refractivity (Wildman–Crippen MR) is 82.8 cm³/mol. The zero-order chi connectivity index (χ0) is 14.8. The normalized spacial score (nSPS) is 14.8. The molecule has 0 aromatic carbocycles. The van der Waals surface area contributed by atoms with Crippen LogP contribution in [-0.4, -0.2) is 14.9 Å². The van der Waals surface area contributed by atoms with Crippen molar-refractivity contribution >= 4 is 0 Å². The first-order valence-electron chi connectivity index (χ1n) is 7.18. The molecule has 0 fully saturated rings. The van der Waals surface area contributed by atoms with Crippen molar-refractivity contribution in [2.24, 2.45) is 0 Å². The summed E-state index contributed by atoms with van der Waals surface area (Å²) in [4.78, 5) is 0. The number of hydrogen-bond acceptors (Lipinski definition) is 2. The molecular weight excluding hydrogens is 248 g/mol. The van der Waals surface area contributed by atoms with E-state index in [0.29, 0.717) is 0 Å². The highest BCUT2D eigenvalue weighted by atomic mass is 16.3. The average Bonchev–Trinajstić information content (AvgIpc) is 2.99. The van der Waals surface area contributed by atoms with Gasteiger partial charge in [0.15, 0.2) is 0 Å². The van der Waals surface area contributed by atoms with Crippen molar-refractivity contribution in [1.82, 2.24) is 9.78 Å². The number of hydrogen-bond donors (Lipinski definition) is 1. The molecule has 3 nitrogen and oxygen atoms in total. The minimum Gasteiger partial charge on any atom is -0.493 e. The van der Waals surface area contributed by atoms with Gasteiger partial charge in [-0.25, -0.2) is 4.68 Å². The first kappa shape index (κ1) is 14.6. The summed E-state index contributed by atoms with van der Waals surface area (Å²) in [7, 11) is 0. The summed E-state index contributed by atoms with van der Waals surface area (Å²) in [5, 5.41) is 14.5. The summed E-state index contributed by atoms with van der Waals surface area (Å²) in [6, 6.07) is 1.77. The zero-order valence-electron chi connectivity index (χ0n) is 12.7. The molecule has 0 spiro atoms. The van der Waals surface area contributed by atoms with E-state index in [1.165, 1.54) is 11.1 Å². The van der Waals surface area contributed by atoms with Gasteiger partial charge in [-0.15, -0.1) is 0 Å². The van der Waals surface area contributed by atoms with Gasteiger partial charge in [-0.1, -0.05) is 30.4 Å². The van der Waals surface area contributed by atoms with E-state index in [-0.39, 0.29) is 11.4 Å². The molecule has 1 aromatic heterocycles. The number of aromatic nitrogens is 2. The maximum atomic E-state index is 9.96. The van der Waals surface area contributed by atoms with E-state index in [4.69, 9.17) is 0 Å². The van der Waals surface area contributed by atoms with Gasteiger partial charge >= 0.3 is 0 Å². The Morgan fingerprint density at radius 2 is 2.05 bits per heavy atom. The molecule has 0 unspecified atom stereocenters. The lowest BCUT2D eigenvalue weighted by molar-refractivity contribution is 0.294. The molecule has 0 atom stereocenters. The number of aryl methyl sites for hydroxylation is 1. The maximum absolute atomic E-state index is 9.96. The molecule has 20 heavy (non-hydrogen) atoms. The SMILES string of the molecule is C=CC(CCc1cc(O)n(C(C)(C)C)n1)=C1CC=CC1. The van der Waals surface area contributed by atoms with Crippen LogP contribution in [0.3, 0.4) is 0 Å². The molecule has 0 amide bonds. The van der Waals surface area contributed by atoms with Crippen LogP contribution in [0.5, 0.6) is 5.88 Å². The van der Waals surface area contributed by atoms with E-state index in [1.54, 1.807) is 10.7 Å². The Hall–Kier alpha value is -1.77. The number of allylic oxidation sites excluding steroid dienone is 5.